The number of carbonyl (C=O) groups excluding carboxylic acids is 1. The van der Waals surface area contributed by atoms with Crippen molar-refractivity contribution in [2.75, 3.05) is 20.6 Å². The third-order valence-electron chi connectivity index (χ3n) is 2.63. The number of halogens is 3. The maximum atomic E-state index is 12.1. The SMILES string of the molecule is Br.CN(C)CCC(C(=O)C(Br)Br)c1ccccc1. The van der Waals surface area contributed by atoms with Crippen molar-refractivity contribution in [3.05, 3.63) is 35.9 Å². The molecular weight excluding hydrogens is 426 g/mol. The monoisotopic (exact) mass is 441 g/mol. The number of carbonyl (C=O) groups is 1. The van der Waals surface area contributed by atoms with Crippen LogP contribution in [0.1, 0.15) is 17.9 Å². The van der Waals surface area contributed by atoms with Gasteiger partial charge in [-0.3, -0.25) is 4.79 Å². The van der Waals surface area contributed by atoms with Gasteiger partial charge in [-0.05, 0) is 32.6 Å². The minimum Gasteiger partial charge on any atom is -0.309 e. The fraction of sp³-hybridized carbons (Fsp3) is 0.462. The Morgan fingerprint density at radius 2 is 1.78 bits per heavy atom. The Kier molecular flexibility index (Phi) is 9.38. The number of rotatable bonds is 6. The number of hydrogen-bond acceptors (Lipinski definition) is 2. The summed E-state index contributed by atoms with van der Waals surface area (Å²) in [5.41, 5.74) is 1.09. The van der Waals surface area contributed by atoms with E-state index in [0.29, 0.717) is 0 Å². The van der Waals surface area contributed by atoms with Crippen molar-refractivity contribution in [3.63, 3.8) is 0 Å². The molecule has 1 unspecified atom stereocenters. The number of Topliss-reactive ketones (excluding diaryl/α,β-unsaturated/α-hetero) is 1. The molecule has 1 aromatic rings. The van der Waals surface area contributed by atoms with Gasteiger partial charge in [0.25, 0.3) is 0 Å². The largest absolute Gasteiger partial charge is 0.309 e. The smallest absolute Gasteiger partial charge is 0.164 e. The normalized spacial score (nSPS) is 12.3. The Labute approximate surface area is 136 Å². The molecule has 0 saturated carbocycles. The number of ketones is 1. The van der Waals surface area contributed by atoms with Gasteiger partial charge in [0.05, 0.1) is 0 Å². The molecule has 1 rings (SSSR count). The predicted octanol–water partition coefficient (Wildman–Crippen LogP) is 3.98. The van der Waals surface area contributed by atoms with E-state index < -0.39 is 0 Å². The molecule has 0 fully saturated rings. The first-order valence-electron chi connectivity index (χ1n) is 5.54. The van der Waals surface area contributed by atoms with E-state index in [4.69, 9.17) is 0 Å². The molecule has 0 aliphatic carbocycles. The second-order valence-electron chi connectivity index (χ2n) is 4.26. The van der Waals surface area contributed by atoms with Gasteiger partial charge in [0.15, 0.2) is 5.78 Å². The molecule has 0 aliphatic heterocycles. The minimum absolute atomic E-state index is 0. The van der Waals surface area contributed by atoms with Crippen molar-refractivity contribution in [3.8, 4) is 0 Å². The summed E-state index contributed by atoms with van der Waals surface area (Å²) in [7, 11) is 4.04. The number of benzene rings is 1. The fourth-order valence-electron chi connectivity index (χ4n) is 1.70. The van der Waals surface area contributed by atoms with Crippen molar-refractivity contribution in [2.24, 2.45) is 0 Å². The Bertz CT molecular complexity index is 355. The average molecular weight is 444 g/mol. The van der Waals surface area contributed by atoms with Crippen LogP contribution in [0.5, 0.6) is 0 Å². The Morgan fingerprint density at radius 3 is 2.22 bits per heavy atom. The highest BCUT2D eigenvalue weighted by atomic mass is 79.9. The first-order valence-corrected chi connectivity index (χ1v) is 7.37. The highest BCUT2D eigenvalue weighted by Crippen LogP contribution is 2.26. The topological polar surface area (TPSA) is 20.3 Å². The van der Waals surface area contributed by atoms with Gasteiger partial charge in [-0.25, -0.2) is 0 Å². The van der Waals surface area contributed by atoms with Gasteiger partial charge in [-0.2, -0.15) is 0 Å². The zero-order chi connectivity index (χ0) is 12.8. The van der Waals surface area contributed by atoms with Crippen LogP contribution in [0.4, 0.5) is 0 Å². The number of alkyl halides is 2. The van der Waals surface area contributed by atoms with Crippen LogP contribution in [0.15, 0.2) is 30.3 Å². The zero-order valence-electron chi connectivity index (χ0n) is 10.5. The summed E-state index contributed by atoms with van der Waals surface area (Å²) in [4.78, 5) is 14.2. The molecule has 0 aromatic heterocycles. The van der Waals surface area contributed by atoms with E-state index in [1.807, 2.05) is 44.4 Å². The van der Waals surface area contributed by atoms with Crippen LogP contribution >= 0.6 is 48.8 Å². The van der Waals surface area contributed by atoms with Crippen molar-refractivity contribution in [2.45, 2.75) is 16.1 Å². The summed E-state index contributed by atoms with van der Waals surface area (Å²) in [5.74, 6) is 0.125. The average Bonchev–Trinajstić information content (AvgIpc) is 2.30. The molecule has 1 aromatic carbocycles. The lowest BCUT2D eigenvalue weighted by Crippen LogP contribution is -2.23. The molecule has 5 heteroatoms. The van der Waals surface area contributed by atoms with Crippen LogP contribution < -0.4 is 0 Å². The molecule has 0 N–H and O–H groups in total. The van der Waals surface area contributed by atoms with Crippen LogP contribution in [0.25, 0.3) is 0 Å². The van der Waals surface area contributed by atoms with E-state index in [2.05, 4.69) is 36.8 Å². The van der Waals surface area contributed by atoms with E-state index in [9.17, 15) is 4.79 Å². The molecule has 0 heterocycles. The van der Waals surface area contributed by atoms with E-state index in [-0.39, 0.29) is 32.4 Å². The molecular formula is C13H18Br3NO. The second kappa shape index (κ2) is 9.23. The fourth-order valence-corrected chi connectivity index (χ4v) is 2.34. The van der Waals surface area contributed by atoms with Crippen molar-refractivity contribution in [1.82, 2.24) is 4.90 Å². The van der Waals surface area contributed by atoms with Crippen molar-refractivity contribution in [1.29, 1.82) is 0 Å². The summed E-state index contributed by atoms with van der Waals surface area (Å²) < 4.78 is -0.276. The van der Waals surface area contributed by atoms with E-state index in [0.717, 1.165) is 18.5 Å². The first-order chi connectivity index (χ1) is 8.02. The van der Waals surface area contributed by atoms with Crippen molar-refractivity contribution < 1.29 is 4.79 Å². The summed E-state index contributed by atoms with van der Waals surface area (Å²) in [6.07, 6.45) is 0.837. The van der Waals surface area contributed by atoms with Gasteiger partial charge < -0.3 is 4.90 Å². The van der Waals surface area contributed by atoms with Crippen LogP contribution in [-0.2, 0) is 4.79 Å². The van der Waals surface area contributed by atoms with Gasteiger partial charge >= 0.3 is 0 Å². The number of nitrogens with zero attached hydrogens (tertiary/aromatic N) is 1. The minimum atomic E-state index is -0.276. The van der Waals surface area contributed by atoms with Crippen LogP contribution in [0, 0.1) is 0 Å². The summed E-state index contributed by atoms with van der Waals surface area (Å²) in [6.45, 7) is 0.901. The molecule has 1 atom stereocenters. The van der Waals surface area contributed by atoms with Crippen LogP contribution in [0.3, 0.4) is 0 Å². The summed E-state index contributed by atoms with van der Waals surface area (Å²) >= 11 is 6.60. The highest BCUT2D eigenvalue weighted by Gasteiger charge is 2.24. The van der Waals surface area contributed by atoms with E-state index in [1.165, 1.54) is 0 Å². The molecule has 0 saturated heterocycles. The standard InChI is InChI=1S/C13H17Br2NO.BrH/c1-16(2)9-8-11(12(17)13(14)15)10-6-4-3-5-7-10;/h3-7,11,13H,8-9H2,1-2H3;1H. The van der Waals surface area contributed by atoms with Gasteiger partial charge in [-0.15, -0.1) is 17.0 Å². The molecule has 0 aliphatic rings. The molecule has 0 spiro atoms. The second-order valence-corrected chi connectivity index (χ2v) is 7.32. The molecule has 2 nitrogen and oxygen atoms in total. The van der Waals surface area contributed by atoms with Gasteiger partial charge in [0.1, 0.15) is 3.74 Å². The molecule has 18 heavy (non-hydrogen) atoms. The summed E-state index contributed by atoms with van der Waals surface area (Å²) in [5, 5.41) is 0. The molecule has 0 radical (unpaired) electrons. The molecule has 102 valence electrons. The van der Waals surface area contributed by atoms with Gasteiger partial charge in [-0.1, -0.05) is 62.2 Å². The molecule has 0 bridgehead atoms. The van der Waals surface area contributed by atoms with Crippen molar-refractivity contribution >= 4 is 54.6 Å². The lowest BCUT2D eigenvalue weighted by Gasteiger charge is -2.19. The lowest BCUT2D eigenvalue weighted by molar-refractivity contribution is -0.118. The first kappa shape index (κ1) is 18.3. The predicted molar refractivity (Wildman–Crippen MR) is 89.3 cm³/mol. The maximum absolute atomic E-state index is 12.1. The third-order valence-corrected chi connectivity index (χ3v) is 3.53. The maximum Gasteiger partial charge on any atom is 0.164 e. The van der Waals surface area contributed by atoms with Gasteiger partial charge in [0, 0.05) is 5.92 Å². The quantitative estimate of drug-likeness (QED) is 0.620. The van der Waals surface area contributed by atoms with E-state index in [1.54, 1.807) is 0 Å². The Hall–Kier alpha value is 0.290. The van der Waals surface area contributed by atoms with Crippen LogP contribution in [-0.4, -0.2) is 35.1 Å². The zero-order valence-corrected chi connectivity index (χ0v) is 15.4. The van der Waals surface area contributed by atoms with E-state index >= 15 is 0 Å². The summed E-state index contributed by atoms with van der Waals surface area (Å²) in [6, 6.07) is 9.95. The van der Waals surface area contributed by atoms with Gasteiger partial charge in [0.2, 0.25) is 0 Å². The Balaban J connectivity index is 0.00000289. The molecule has 0 amide bonds. The lowest BCUT2D eigenvalue weighted by atomic mass is 9.92. The Morgan fingerprint density at radius 1 is 1.22 bits per heavy atom. The van der Waals surface area contributed by atoms with Crippen LogP contribution in [0.2, 0.25) is 0 Å². The third kappa shape index (κ3) is 5.95. The highest BCUT2D eigenvalue weighted by molar-refractivity contribution is 9.25. The number of hydrogen-bond donors (Lipinski definition) is 0.